The zero-order valence-electron chi connectivity index (χ0n) is 16.6. The third-order valence-corrected chi connectivity index (χ3v) is 5.33. The van der Waals surface area contributed by atoms with Gasteiger partial charge in [0.2, 0.25) is 5.91 Å². The quantitative estimate of drug-likeness (QED) is 0.537. The van der Waals surface area contributed by atoms with Gasteiger partial charge in [-0.2, -0.15) is 5.10 Å². The Hall–Kier alpha value is -0.780. The van der Waals surface area contributed by atoms with Crippen LogP contribution in [0.15, 0.2) is 0 Å². The van der Waals surface area contributed by atoms with E-state index < -0.39 is 0 Å². The average molecular weight is 407 g/mol. The highest BCUT2D eigenvalue weighted by Crippen LogP contribution is 2.18. The molecule has 0 aromatic carbocycles. The zero-order chi connectivity index (χ0) is 17.5. The highest BCUT2D eigenvalue weighted by molar-refractivity contribution is 5.85. The molecule has 0 saturated heterocycles. The van der Waals surface area contributed by atoms with Crippen molar-refractivity contribution in [3.05, 3.63) is 17.0 Å². The number of carbonyl (C=O) groups is 1. The van der Waals surface area contributed by atoms with Crippen molar-refractivity contribution in [2.75, 3.05) is 13.1 Å². The van der Waals surface area contributed by atoms with E-state index in [-0.39, 0.29) is 36.6 Å². The van der Waals surface area contributed by atoms with Crippen LogP contribution in [0.1, 0.15) is 62.4 Å². The Balaban J connectivity index is 0.00000312. The molecule has 0 spiro atoms. The predicted octanol–water partition coefficient (Wildman–Crippen LogP) is 3.49. The molecule has 1 aliphatic rings. The van der Waals surface area contributed by atoms with Gasteiger partial charge >= 0.3 is 0 Å². The molecule has 0 aliphatic heterocycles. The highest BCUT2D eigenvalue weighted by atomic mass is 35.5. The second-order valence-electron chi connectivity index (χ2n) is 7.31. The van der Waals surface area contributed by atoms with Gasteiger partial charge in [0.15, 0.2) is 0 Å². The molecule has 1 fully saturated rings. The van der Waals surface area contributed by atoms with E-state index in [2.05, 4.69) is 22.7 Å². The first kappa shape index (κ1) is 25.2. The number of rotatable bonds is 7. The van der Waals surface area contributed by atoms with Gasteiger partial charge in [0, 0.05) is 37.8 Å². The Kier molecular flexibility index (Phi) is 12.2. The van der Waals surface area contributed by atoms with Gasteiger partial charge in [-0.25, -0.2) is 0 Å². The summed E-state index contributed by atoms with van der Waals surface area (Å²) in [6.45, 7) is 7.67. The zero-order valence-corrected chi connectivity index (χ0v) is 18.3. The number of hydrogen-bond acceptors (Lipinski definition) is 3. The summed E-state index contributed by atoms with van der Waals surface area (Å²) >= 11 is 0. The van der Waals surface area contributed by atoms with Crippen molar-refractivity contribution in [3.8, 4) is 0 Å². The second kappa shape index (κ2) is 12.6. The molecule has 2 N–H and O–H groups in total. The molecular weight excluding hydrogens is 371 g/mol. The van der Waals surface area contributed by atoms with Crippen LogP contribution in [0.25, 0.3) is 0 Å². The first-order chi connectivity index (χ1) is 11.5. The smallest absolute Gasteiger partial charge is 0.223 e. The minimum absolute atomic E-state index is 0. The van der Waals surface area contributed by atoms with Crippen LogP contribution < -0.4 is 10.6 Å². The minimum atomic E-state index is -0.0236. The number of nitrogens with one attached hydrogen (secondary N) is 2. The monoisotopic (exact) mass is 406 g/mol. The number of amides is 1. The van der Waals surface area contributed by atoms with E-state index in [0.717, 1.165) is 24.4 Å². The summed E-state index contributed by atoms with van der Waals surface area (Å²) < 4.78 is 1.89. The van der Waals surface area contributed by atoms with Crippen molar-refractivity contribution in [2.45, 2.75) is 71.8 Å². The molecule has 1 aromatic heterocycles. The maximum Gasteiger partial charge on any atom is 0.223 e. The standard InChI is InChI=1S/C19H34N4O.2ClH/c1-14(13-18-15(2)22-23(4)16(18)3)19(24)21-12-11-20-17-9-7-5-6-8-10-17;;/h14,17,20H,5-13H2,1-4H3,(H,21,24);2*1H. The summed E-state index contributed by atoms with van der Waals surface area (Å²) in [5.74, 6) is 0.116. The third-order valence-electron chi connectivity index (χ3n) is 5.33. The van der Waals surface area contributed by atoms with Gasteiger partial charge in [-0.3, -0.25) is 9.48 Å². The molecule has 0 radical (unpaired) electrons. The van der Waals surface area contributed by atoms with Crippen molar-refractivity contribution < 1.29 is 4.79 Å². The molecular formula is C19H36Cl2N4O. The van der Waals surface area contributed by atoms with Crippen LogP contribution >= 0.6 is 24.8 Å². The summed E-state index contributed by atoms with van der Waals surface area (Å²) in [6.07, 6.45) is 8.75. The molecule has 1 heterocycles. The first-order valence-corrected chi connectivity index (χ1v) is 9.49. The lowest BCUT2D eigenvalue weighted by Gasteiger charge is -2.17. The fourth-order valence-corrected chi connectivity index (χ4v) is 3.63. The molecule has 5 nitrogen and oxygen atoms in total. The van der Waals surface area contributed by atoms with E-state index in [1.807, 2.05) is 25.6 Å². The van der Waals surface area contributed by atoms with Crippen LogP contribution in [0.5, 0.6) is 0 Å². The molecule has 1 unspecified atom stereocenters. The van der Waals surface area contributed by atoms with Gasteiger partial charge in [-0.1, -0.05) is 32.6 Å². The average Bonchev–Trinajstić information content (AvgIpc) is 2.77. The van der Waals surface area contributed by atoms with E-state index in [9.17, 15) is 4.79 Å². The Labute approximate surface area is 170 Å². The SMILES string of the molecule is Cc1nn(C)c(C)c1CC(C)C(=O)NCCNC1CCCCCC1.Cl.Cl. The van der Waals surface area contributed by atoms with Crippen molar-refractivity contribution in [2.24, 2.45) is 13.0 Å². The molecule has 26 heavy (non-hydrogen) atoms. The van der Waals surface area contributed by atoms with Crippen molar-refractivity contribution in [3.63, 3.8) is 0 Å². The summed E-state index contributed by atoms with van der Waals surface area (Å²) in [5.41, 5.74) is 3.39. The number of hydrogen-bond donors (Lipinski definition) is 2. The van der Waals surface area contributed by atoms with Crippen LogP contribution in [-0.4, -0.2) is 34.8 Å². The predicted molar refractivity (Wildman–Crippen MR) is 113 cm³/mol. The van der Waals surface area contributed by atoms with E-state index in [1.165, 1.54) is 44.1 Å². The molecule has 152 valence electrons. The Morgan fingerprint density at radius 3 is 2.31 bits per heavy atom. The number of carbonyl (C=O) groups excluding carboxylic acids is 1. The van der Waals surface area contributed by atoms with E-state index in [4.69, 9.17) is 0 Å². The maximum absolute atomic E-state index is 12.3. The summed E-state index contributed by atoms with van der Waals surface area (Å²) in [4.78, 5) is 12.3. The van der Waals surface area contributed by atoms with Crippen LogP contribution in [0.3, 0.4) is 0 Å². The van der Waals surface area contributed by atoms with Gasteiger partial charge in [-0.15, -0.1) is 24.8 Å². The van der Waals surface area contributed by atoms with Gasteiger partial charge in [0.1, 0.15) is 0 Å². The molecule has 1 aromatic rings. The van der Waals surface area contributed by atoms with E-state index >= 15 is 0 Å². The number of aryl methyl sites for hydroxylation is 2. The van der Waals surface area contributed by atoms with Crippen LogP contribution in [0.2, 0.25) is 0 Å². The van der Waals surface area contributed by atoms with Gasteiger partial charge in [0.05, 0.1) is 5.69 Å². The molecule has 2 rings (SSSR count). The number of halogens is 2. The normalized spacial score (nSPS) is 16.2. The Morgan fingerprint density at radius 2 is 1.77 bits per heavy atom. The van der Waals surface area contributed by atoms with Crippen LogP contribution in [0, 0.1) is 19.8 Å². The molecule has 1 amide bonds. The van der Waals surface area contributed by atoms with Crippen molar-refractivity contribution in [1.29, 1.82) is 0 Å². The molecule has 1 saturated carbocycles. The van der Waals surface area contributed by atoms with Crippen LogP contribution in [-0.2, 0) is 18.3 Å². The first-order valence-electron chi connectivity index (χ1n) is 9.49. The number of nitrogens with zero attached hydrogens (tertiary/aromatic N) is 2. The minimum Gasteiger partial charge on any atom is -0.355 e. The second-order valence-corrected chi connectivity index (χ2v) is 7.31. The van der Waals surface area contributed by atoms with Crippen LogP contribution in [0.4, 0.5) is 0 Å². The molecule has 1 atom stereocenters. The summed E-state index contributed by atoms with van der Waals surface area (Å²) in [7, 11) is 1.95. The van der Waals surface area contributed by atoms with Crippen molar-refractivity contribution >= 4 is 30.7 Å². The topological polar surface area (TPSA) is 59.0 Å². The lowest BCUT2D eigenvalue weighted by atomic mass is 9.99. The molecule has 1 aliphatic carbocycles. The lowest BCUT2D eigenvalue weighted by Crippen LogP contribution is -2.39. The van der Waals surface area contributed by atoms with E-state index in [0.29, 0.717) is 12.6 Å². The Morgan fingerprint density at radius 1 is 1.15 bits per heavy atom. The van der Waals surface area contributed by atoms with E-state index in [1.54, 1.807) is 0 Å². The van der Waals surface area contributed by atoms with Gasteiger partial charge in [-0.05, 0) is 38.7 Å². The summed E-state index contributed by atoms with van der Waals surface area (Å²) in [5, 5.41) is 11.1. The Bertz CT molecular complexity index is 540. The largest absolute Gasteiger partial charge is 0.355 e. The van der Waals surface area contributed by atoms with Gasteiger partial charge in [0.25, 0.3) is 0 Å². The fourth-order valence-electron chi connectivity index (χ4n) is 3.63. The molecule has 0 bridgehead atoms. The fraction of sp³-hybridized carbons (Fsp3) is 0.789. The van der Waals surface area contributed by atoms with Crippen molar-refractivity contribution in [1.82, 2.24) is 20.4 Å². The lowest BCUT2D eigenvalue weighted by molar-refractivity contribution is -0.124. The maximum atomic E-state index is 12.3. The highest BCUT2D eigenvalue weighted by Gasteiger charge is 2.18. The number of aromatic nitrogens is 2. The molecule has 7 heteroatoms. The summed E-state index contributed by atoms with van der Waals surface area (Å²) in [6, 6.07) is 0.641. The third kappa shape index (κ3) is 7.45. The van der Waals surface area contributed by atoms with Gasteiger partial charge < -0.3 is 10.6 Å².